The largest absolute Gasteiger partial charge is 0.373 e. The van der Waals surface area contributed by atoms with Gasteiger partial charge in [0.1, 0.15) is 11.3 Å². The molecule has 0 radical (unpaired) electrons. The molecule has 3 rings (SSSR count). The van der Waals surface area contributed by atoms with Gasteiger partial charge >= 0.3 is 0 Å². The predicted molar refractivity (Wildman–Crippen MR) is 72.8 cm³/mol. The number of nitrogens with zero attached hydrogens (tertiary/aromatic N) is 2. The molecular weight excluding hydrogens is 286 g/mol. The van der Waals surface area contributed by atoms with Crippen LogP contribution in [0.1, 0.15) is 25.6 Å². The van der Waals surface area contributed by atoms with Gasteiger partial charge in [-0.05, 0) is 31.9 Å². The van der Waals surface area contributed by atoms with Crippen LogP contribution in [0.2, 0.25) is 0 Å². The van der Waals surface area contributed by atoms with E-state index in [1.54, 1.807) is 4.57 Å². The van der Waals surface area contributed by atoms with Crippen LogP contribution in [0, 0.1) is 11.6 Å². The number of imidazole rings is 1. The number of benzene rings is 1. The van der Waals surface area contributed by atoms with E-state index in [0.29, 0.717) is 24.5 Å². The molecule has 6 heteroatoms. The second kappa shape index (κ2) is 4.97. The van der Waals surface area contributed by atoms with Crippen LogP contribution < -0.4 is 0 Å². The normalized spacial score (nSPS) is 22.8. The maximum Gasteiger partial charge on any atom is 0.184 e. The third-order valence-electron chi connectivity index (χ3n) is 3.79. The Labute approximate surface area is 120 Å². The van der Waals surface area contributed by atoms with E-state index in [9.17, 15) is 8.78 Å². The van der Waals surface area contributed by atoms with Crippen LogP contribution in [0.25, 0.3) is 11.0 Å². The van der Waals surface area contributed by atoms with Crippen molar-refractivity contribution in [3.05, 3.63) is 29.6 Å². The maximum atomic E-state index is 14.1. The van der Waals surface area contributed by atoms with Gasteiger partial charge in [-0.25, -0.2) is 13.8 Å². The third kappa shape index (κ3) is 2.19. The van der Waals surface area contributed by atoms with Crippen LogP contribution in [0.4, 0.5) is 8.78 Å². The summed E-state index contributed by atoms with van der Waals surface area (Å²) in [4.78, 5) is 4.28. The first-order valence-corrected chi connectivity index (χ1v) is 7.10. The highest BCUT2D eigenvalue weighted by molar-refractivity contribution is 6.16. The number of fused-ring (bicyclic) bond motifs is 1. The fourth-order valence-corrected chi connectivity index (χ4v) is 2.98. The first-order valence-electron chi connectivity index (χ1n) is 6.57. The van der Waals surface area contributed by atoms with Crippen molar-refractivity contribution >= 4 is 22.6 Å². The molecule has 1 saturated heterocycles. The standard InChI is InChI=1S/C14H15ClF2N2O/c1-14(5-2-6-20-14)8-19-11(7-15)18-10-4-3-9(16)12(17)13(10)19/h3-4H,2,5-8H2,1H3. The van der Waals surface area contributed by atoms with Gasteiger partial charge in [0, 0.05) is 6.61 Å². The minimum absolute atomic E-state index is 0.145. The summed E-state index contributed by atoms with van der Waals surface area (Å²) in [5, 5.41) is 0. The molecule has 0 bridgehead atoms. The zero-order valence-electron chi connectivity index (χ0n) is 11.1. The summed E-state index contributed by atoms with van der Waals surface area (Å²) in [6.45, 7) is 3.09. The summed E-state index contributed by atoms with van der Waals surface area (Å²) in [5.74, 6) is -1.08. The average Bonchev–Trinajstić information content (AvgIpc) is 2.99. The van der Waals surface area contributed by atoms with Gasteiger partial charge in [-0.15, -0.1) is 11.6 Å². The van der Waals surface area contributed by atoms with Crippen LogP contribution in [0.5, 0.6) is 0 Å². The first-order chi connectivity index (χ1) is 9.54. The number of alkyl halides is 1. The molecular formula is C14H15ClF2N2O. The summed E-state index contributed by atoms with van der Waals surface area (Å²) in [6, 6.07) is 2.55. The topological polar surface area (TPSA) is 27.1 Å². The van der Waals surface area contributed by atoms with Crippen LogP contribution in [0.3, 0.4) is 0 Å². The summed E-state index contributed by atoms with van der Waals surface area (Å²) in [7, 11) is 0. The van der Waals surface area contributed by atoms with E-state index >= 15 is 0 Å². The maximum absolute atomic E-state index is 14.1. The number of rotatable bonds is 3. The molecule has 0 aliphatic carbocycles. The molecule has 0 amide bonds. The van der Waals surface area contributed by atoms with Crippen LogP contribution in [-0.4, -0.2) is 21.8 Å². The number of aromatic nitrogens is 2. The van der Waals surface area contributed by atoms with E-state index in [0.717, 1.165) is 18.9 Å². The molecule has 0 saturated carbocycles. The Morgan fingerprint density at radius 3 is 2.90 bits per heavy atom. The molecule has 0 spiro atoms. The van der Waals surface area contributed by atoms with E-state index in [1.165, 1.54) is 6.07 Å². The lowest BCUT2D eigenvalue weighted by atomic mass is 10.0. The first kappa shape index (κ1) is 13.8. The highest BCUT2D eigenvalue weighted by Gasteiger charge is 2.32. The average molecular weight is 301 g/mol. The van der Waals surface area contributed by atoms with Crippen LogP contribution >= 0.6 is 11.6 Å². The molecule has 3 nitrogen and oxygen atoms in total. The van der Waals surface area contributed by atoms with Crippen molar-refractivity contribution < 1.29 is 13.5 Å². The van der Waals surface area contributed by atoms with E-state index in [2.05, 4.69) is 4.98 Å². The Hall–Kier alpha value is -1.20. The molecule has 1 aliphatic heterocycles. The SMILES string of the molecule is CC1(Cn2c(CCl)nc3ccc(F)c(F)c32)CCCO1. The van der Waals surface area contributed by atoms with Gasteiger partial charge in [0.15, 0.2) is 11.6 Å². The molecule has 1 aromatic carbocycles. The number of halogens is 3. The lowest BCUT2D eigenvalue weighted by Crippen LogP contribution is -2.30. The lowest BCUT2D eigenvalue weighted by Gasteiger charge is -2.25. The van der Waals surface area contributed by atoms with Crippen molar-refractivity contribution in [2.24, 2.45) is 0 Å². The quantitative estimate of drug-likeness (QED) is 0.810. The van der Waals surface area contributed by atoms with E-state index in [4.69, 9.17) is 16.3 Å². The van der Waals surface area contributed by atoms with Gasteiger partial charge in [-0.3, -0.25) is 0 Å². The highest BCUT2D eigenvalue weighted by Crippen LogP contribution is 2.30. The summed E-state index contributed by atoms with van der Waals surface area (Å²) in [6.07, 6.45) is 1.85. The number of hydrogen-bond donors (Lipinski definition) is 0. The minimum Gasteiger partial charge on any atom is -0.373 e. The van der Waals surface area contributed by atoms with Crippen molar-refractivity contribution in [3.8, 4) is 0 Å². The zero-order valence-corrected chi connectivity index (χ0v) is 11.9. The fraction of sp³-hybridized carbons (Fsp3) is 0.500. The smallest absolute Gasteiger partial charge is 0.184 e. The monoisotopic (exact) mass is 300 g/mol. The van der Waals surface area contributed by atoms with Crippen molar-refractivity contribution in [1.82, 2.24) is 9.55 Å². The van der Waals surface area contributed by atoms with Crippen LogP contribution in [0.15, 0.2) is 12.1 Å². The minimum atomic E-state index is -0.882. The molecule has 108 valence electrons. The number of hydrogen-bond acceptors (Lipinski definition) is 2. The molecule has 2 aromatic rings. The number of ether oxygens (including phenoxy) is 1. The highest BCUT2D eigenvalue weighted by atomic mass is 35.5. The Kier molecular flexibility index (Phi) is 3.42. The lowest BCUT2D eigenvalue weighted by molar-refractivity contribution is 0.00651. The summed E-state index contributed by atoms with van der Waals surface area (Å²) < 4.78 is 34.9. The zero-order chi connectivity index (χ0) is 14.3. The van der Waals surface area contributed by atoms with Gasteiger partial charge in [-0.2, -0.15) is 0 Å². The molecule has 0 N–H and O–H groups in total. The molecule has 1 aliphatic rings. The van der Waals surface area contributed by atoms with Gasteiger partial charge in [0.05, 0.1) is 23.5 Å². The fourth-order valence-electron chi connectivity index (χ4n) is 2.77. The van der Waals surface area contributed by atoms with E-state index in [-0.39, 0.29) is 17.0 Å². The Bertz CT molecular complexity index is 650. The van der Waals surface area contributed by atoms with Crippen LogP contribution in [-0.2, 0) is 17.2 Å². The van der Waals surface area contributed by atoms with Crippen molar-refractivity contribution in [2.75, 3.05) is 6.61 Å². The Morgan fingerprint density at radius 2 is 2.25 bits per heavy atom. The van der Waals surface area contributed by atoms with E-state index in [1.807, 2.05) is 6.92 Å². The second-order valence-electron chi connectivity index (χ2n) is 5.38. The second-order valence-corrected chi connectivity index (χ2v) is 5.65. The predicted octanol–water partition coefficient (Wildman–Crippen LogP) is 3.62. The van der Waals surface area contributed by atoms with Gasteiger partial charge in [0.2, 0.25) is 0 Å². The third-order valence-corrected chi connectivity index (χ3v) is 4.03. The molecule has 2 heterocycles. The summed E-state index contributed by atoms with van der Waals surface area (Å²) in [5.41, 5.74) is 0.200. The molecule has 20 heavy (non-hydrogen) atoms. The molecule has 1 unspecified atom stereocenters. The molecule has 1 fully saturated rings. The van der Waals surface area contributed by atoms with Crippen molar-refractivity contribution in [3.63, 3.8) is 0 Å². The van der Waals surface area contributed by atoms with Gasteiger partial charge in [0.25, 0.3) is 0 Å². The Balaban J connectivity index is 2.14. The van der Waals surface area contributed by atoms with Crippen molar-refractivity contribution in [1.29, 1.82) is 0 Å². The molecule has 1 aromatic heterocycles. The Morgan fingerprint density at radius 1 is 1.45 bits per heavy atom. The van der Waals surface area contributed by atoms with Crippen molar-refractivity contribution in [2.45, 2.75) is 37.8 Å². The van der Waals surface area contributed by atoms with E-state index < -0.39 is 11.6 Å². The van der Waals surface area contributed by atoms with Gasteiger partial charge < -0.3 is 9.30 Å². The summed E-state index contributed by atoms with van der Waals surface area (Å²) >= 11 is 5.89. The van der Waals surface area contributed by atoms with Gasteiger partial charge in [-0.1, -0.05) is 0 Å². The molecule has 1 atom stereocenters.